The normalized spacial score (nSPS) is 16.2. The van der Waals surface area contributed by atoms with Crippen LogP contribution in [0.5, 0.6) is 0 Å². The Labute approximate surface area is 102 Å². The van der Waals surface area contributed by atoms with E-state index in [2.05, 4.69) is 5.43 Å². The minimum Gasteiger partial charge on any atom is -0.323 e. The van der Waals surface area contributed by atoms with Crippen LogP contribution < -0.4 is 11.3 Å². The molecule has 3 N–H and O–H groups in total. The third kappa shape index (κ3) is 2.59. The van der Waals surface area contributed by atoms with E-state index in [4.69, 9.17) is 5.84 Å². The number of nitrogens with zero attached hydrogens (tertiary/aromatic N) is 1. The summed E-state index contributed by atoms with van der Waals surface area (Å²) in [5.41, 5.74) is 2.85. The van der Waals surface area contributed by atoms with Gasteiger partial charge in [0, 0.05) is 13.6 Å². The fraction of sp³-hybridized carbons (Fsp3) is 0.455. The number of nitrogens with two attached hydrogens (primary N) is 1. The Morgan fingerprint density at radius 2 is 2.06 bits per heavy atom. The molecule has 1 aliphatic carbocycles. The third-order valence-electron chi connectivity index (χ3n) is 2.94. The lowest BCUT2D eigenvalue weighted by molar-refractivity contribution is 0.453. The summed E-state index contributed by atoms with van der Waals surface area (Å²) in [6.45, 7) is 0.585. The van der Waals surface area contributed by atoms with Crippen molar-refractivity contribution >= 4 is 15.7 Å². The number of para-hydroxylation sites is 1. The molecule has 0 bridgehead atoms. The van der Waals surface area contributed by atoms with Crippen molar-refractivity contribution in [2.45, 2.75) is 17.7 Å². The number of rotatable bonds is 5. The van der Waals surface area contributed by atoms with E-state index in [1.165, 1.54) is 4.31 Å². The second kappa shape index (κ2) is 4.64. The highest BCUT2D eigenvalue weighted by molar-refractivity contribution is 7.89. The second-order valence-corrected chi connectivity index (χ2v) is 6.38. The van der Waals surface area contributed by atoms with Crippen LogP contribution in [0, 0.1) is 5.92 Å². The van der Waals surface area contributed by atoms with Crippen LogP contribution in [0.15, 0.2) is 29.2 Å². The van der Waals surface area contributed by atoms with Crippen LogP contribution in [0.25, 0.3) is 0 Å². The zero-order valence-corrected chi connectivity index (χ0v) is 10.6. The average molecular weight is 255 g/mol. The smallest absolute Gasteiger partial charge is 0.244 e. The minimum atomic E-state index is -3.45. The largest absolute Gasteiger partial charge is 0.323 e. The molecule has 0 spiro atoms. The average Bonchev–Trinajstić information content (AvgIpc) is 3.12. The molecule has 17 heavy (non-hydrogen) atoms. The van der Waals surface area contributed by atoms with Gasteiger partial charge in [-0.25, -0.2) is 12.7 Å². The topological polar surface area (TPSA) is 75.4 Å². The molecule has 1 aromatic carbocycles. The zero-order valence-electron chi connectivity index (χ0n) is 9.76. The highest BCUT2D eigenvalue weighted by Crippen LogP contribution is 2.31. The molecule has 2 rings (SSSR count). The van der Waals surface area contributed by atoms with Crippen molar-refractivity contribution in [1.29, 1.82) is 0 Å². The Morgan fingerprint density at radius 3 is 2.65 bits per heavy atom. The van der Waals surface area contributed by atoms with Crippen LogP contribution in [0.1, 0.15) is 12.8 Å². The Morgan fingerprint density at radius 1 is 1.41 bits per heavy atom. The third-order valence-corrected chi connectivity index (χ3v) is 4.82. The van der Waals surface area contributed by atoms with Gasteiger partial charge in [-0.15, -0.1) is 0 Å². The van der Waals surface area contributed by atoms with Crippen molar-refractivity contribution < 1.29 is 8.42 Å². The quantitative estimate of drug-likeness (QED) is 0.608. The molecule has 1 aliphatic rings. The number of anilines is 1. The SMILES string of the molecule is CN(CC1CC1)S(=O)(=O)c1ccccc1NN. The summed E-state index contributed by atoms with van der Waals surface area (Å²) in [6.07, 6.45) is 2.24. The van der Waals surface area contributed by atoms with Crippen LogP contribution in [0.4, 0.5) is 5.69 Å². The molecule has 0 heterocycles. The maximum absolute atomic E-state index is 12.3. The molecular formula is C11H17N3O2S. The van der Waals surface area contributed by atoms with Gasteiger partial charge in [0.1, 0.15) is 4.90 Å². The number of hydrazine groups is 1. The van der Waals surface area contributed by atoms with E-state index in [9.17, 15) is 8.42 Å². The van der Waals surface area contributed by atoms with Crippen molar-refractivity contribution in [2.75, 3.05) is 19.0 Å². The number of hydrogen-bond donors (Lipinski definition) is 2. The molecule has 0 saturated heterocycles. The van der Waals surface area contributed by atoms with E-state index in [0.717, 1.165) is 12.8 Å². The first-order valence-corrected chi connectivity index (χ1v) is 7.01. The predicted octanol–water partition coefficient (Wildman–Crippen LogP) is 1.00. The van der Waals surface area contributed by atoms with Crippen molar-refractivity contribution in [1.82, 2.24) is 4.31 Å². The Bertz CT molecular complexity index is 497. The summed E-state index contributed by atoms with van der Waals surface area (Å²) >= 11 is 0. The van der Waals surface area contributed by atoms with Gasteiger partial charge in [0.2, 0.25) is 10.0 Å². The van der Waals surface area contributed by atoms with Crippen molar-refractivity contribution in [3.05, 3.63) is 24.3 Å². The molecule has 94 valence electrons. The molecule has 0 amide bonds. The molecule has 0 aliphatic heterocycles. The molecule has 0 aromatic heterocycles. The second-order valence-electron chi connectivity index (χ2n) is 4.37. The number of benzene rings is 1. The van der Waals surface area contributed by atoms with Crippen molar-refractivity contribution in [3.63, 3.8) is 0 Å². The molecule has 0 atom stereocenters. The first kappa shape index (κ1) is 12.3. The molecule has 0 radical (unpaired) electrons. The number of sulfonamides is 1. The van der Waals surface area contributed by atoms with Crippen LogP contribution >= 0.6 is 0 Å². The van der Waals surface area contributed by atoms with Gasteiger partial charge >= 0.3 is 0 Å². The van der Waals surface area contributed by atoms with Gasteiger partial charge in [-0.1, -0.05) is 12.1 Å². The summed E-state index contributed by atoms with van der Waals surface area (Å²) < 4.78 is 26.0. The lowest BCUT2D eigenvalue weighted by atomic mass is 10.3. The summed E-state index contributed by atoms with van der Waals surface area (Å²) in [7, 11) is -1.83. The van der Waals surface area contributed by atoms with Crippen LogP contribution in [-0.2, 0) is 10.0 Å². The molecule has 1 saturated carbocycles. The van der Waals surface area contributed by atoms with E-state index in [-0.39, 0.29) is 4.90 Å². The Hall–Kier alpha value is -1.11. The highest BCUT2D eigenvalue weighted by Gasteiger charge is 2.30. The summed E-state index contributed by atoms with van der Waals surface area (Å²) in [4.78, 5) is 0.227. The predicted molar refractivity (Wildman–Crippen MR) is 66.8 cm³/mol. The van der Waals surface area contributed by atoms with E-state index >= 15 is 0 Å². The van der Waals surface area contributed by atoms with E-state index < -0.39 is 10.0 Å². The highest BCUT2D eigenvalue weighted by atomic mass is 32.2. The van der Waals surface area contributed by atoms with Crippen molar-refractivity contribution in [2.24, 2.45) is 11.8 Å². The fourth-order valence-electron chi connectivity index (χ4n) is 1.74. The molecule has 5 nitrogen and oxygen atoms in total. The van der Waals surface area contributed by atoms with Gasteiger partial charge in [0.05, 0.1) is 5.69 Å². The molecule has 1 aromatic rings. The standard InChI is InChI=1S/C11H17N3O2S/c1-14(8-9-6-7-9)17(15,16)11-5-3-2-4-10(11)13-12/h2-5,9,13H,6-8,12H2,1H3. The van der Waals surface area contributed by atoms with E-state index in [1.807, 2.05) is 0 Å². The summed E-state index contributed by atoms with van der Waals surface area (Å²) in [6, 6.07) is 6.65. The maximum atomic E-state index is 12.3. The zero-order chi connectivity index (χ0) is 12.5. The van der Waals surface area contributed by atoms with Gasteiger partial charge in [0.25, 0.3) is 0 Å². The maximum Gasteiger partial charge on any atom is 0.244 e. The number of hydrogen-bond acceptors (Lipinski definition) is 4. The van der Waals surface area contributed by atoms with Gasteiger partial charge in [0.15, 0.2) is 0 Å². The van der Waals surface area contributed by atoms with Crippen LogP contribution in [-0.4, -0.2) is 26.3 Å². The molecule has 1 fully saturated rings. The monoisotopic (exact) mass is 255 g/mol. The molecule has 6 heteroatoms. The lowest BCUT2D eigenvalue weighted by Gasteiger charge is -2.18. The Balaban J connectivity index is 2.29. The lowest BCUT2D eigenvalue weighted by Crippen LogP contribution is -2.29. The van der Waals surface area contributed by atoms with Crippen molar-refractivity contribution in [3.8, 4) is 0 Å². The van der Waals surface area contributed by atoms with Crippen LogP contribution in [0.2, 0.25) is 0 Å². The van der Waals surface area contributed by atoms with Gasteiger partial charge < -0.3 is 5.43 Å². The molecule has 0 unspecified atom stereocenters. The number of nitrogen functional groups attached to an aromatic ring is 1. The summed E-state index contributed by atoms with van der Waals surface area (Å²) in [5, 5.41) is 0. The Kier molecular flexibility index (Phi) is 3.37. The van der Waals surface area contributed by atoms with Gasteiger partial charge in [-0.2, -0.15) is 0 Å². The number of nitrogens with one attached hydrogen (secondary N) is 1. The van der Waals surface area contributed by atoms with Gasteiger partial charge in [-0.05, 0) is 30.9 Å². The van der Waals surface area contributed by atoms with Gasteiger partial charge in [-0.3, -0.25) is 5.84 Å². The fourth-order valence-corrected chi connectivity index (χ4v) is 3.14. The molecular weight excluding hydrogens is 238 g/mol. The van der Waals surface area contributed by atoms with E-state index in [1.54, 1.807) is 31.3 Å². The first-order chi connectivity index (χ1) is 8.05. The summed E-state index contributed by atoms with van der Waals surface area (Å²) in [5.74, 6) is 5.85. The van der Waals surface area contributed by atoms with Crippen LogP contribution in [0.3, 0.4) is 0 Å². The van der Waals surface area contributed by atoms with E-state index in [0.29, 0.717) is 18.2 Å². The minimum absolute atomic E-state index is 0.227. The first-order valence-electron chi connectivity index (χ1n) is 5.57.